The largest absolute Gasteiger partial charge is 0.393 e. The van der Waals surface area contributed by atoms with Gasteiger partial charge in [-0.3, -0.25) is 9.35 Å². The van der Waals surface area contributed by atoms with Gasteiger partial charge < -0.3 is 25.1 Å². The second-order valence-electron chi connectivity index (χ2n) is 14.5. The van der Waals surface area contributed by atoms with Crippen LogP contribution in [-0.4, -0.2) is 102 Å². The number of fused-ring (bicyclic) bond motifs is 5. The van der Waals surface area contributed by atoms with Crippen molar-refractivity contribution in [3.05, 3.63) is 0 Å². The minimum Gasteiger partial charge on any atom is -0.393 e. The predicted molar refractivity (Wildman–Crippen MR) is 154 cm³/mol. The van der Waals surface area contributed by atoms with Crippen molar-refractivity contribution < 1.29 is 33.1 Å². The number of hydrogen-bond donors (Lipinski definition) is 4. The smallest absolute Gasteiger partial charge is 0.266 e. The Morgan fingerprint density at radius 2 is 1.68 bits per heavy atom. The summed E-state index contributed by atoms with van der Waals surface area (Å²) in [6.45, 7) is 7.70. The standard InChI is InChI=1S/C30H54N2O7S/c1-19(6-9-27(36)32(13-12-31(4)5)14-15-40(37,38)39)22-7-8-23-28-24(18-26(35)30(22,23)3)29(2)11-10-21(33)16-20(29)17-25(28)34/h19-26,28,33-35H,6-18H2,1-5H3,(H,37,38,39). The van der Waals surface area contributed by atoms with Crippen molar-refractivity contribution in [2.75, 3.05) is 39.5 Å². The molecule has 0 aromatic carbocycles. The van der Waals surface area contributed by atoms with Gasteiger partial charge in [-0.1, -0.05) is 20.8 Å². The van der Waals surface area contributed by atoms with Crippen molar-refractivity contribution in [2.24, 2.45) is 46.3 Å². The van der Waals surface area contributed by atoms with E-state index in [9.17, 15) is 33.1 Å². The highest BCUT2D eigenvalue weighted by Crippen LogP contribution is 2.68. The van der Waals surface area contributed by atoms with E-state index in [2.05, 4.69) is 20.8 Å². The van der Waals surface area contributed by atoms with Crippen molar-refractivity contribution in [1.29, 1.82) is 0 Å². The van der Waals surface area contributed by atoms with Crippen LogP contribution in [-0.2, 0) is 14.9 Å². The number of aliphatic hydroxyl groups excluding tert-OH is 3. The van der Waals surface area contributed by atoms with Crippen LogP contribution in [0.3, 0.4) is 0 Å². The van der Waals surface area contributed by atoms with Crippen molar-refractivity contribution in [3.63, 3.8) is 0 Å². The second kappa shape index (κ2) is 12.1. The highest BCUT2D eigenvalue weighted by molar-refractivity contribution is 7.85. The topological polar surface area (TPSA) is 139 Å². The van der Waals surface area contributed by atoms with Gasteiger partial charge in [0.15, 0.2) is 0 Å². The van der Waals surface area contributed by atoms with E-state index in [1.807, 2.05) is 19.0 Å². The van der Waals surface area contributed by atoms with Crippen molar-refractivity contribution in [1.82, 2.24) is 9.80 Å². The summed E-state index contributed by atoms with van der Waals surface area (Å²) in [6, 6.07) is 0. The van der Waals surface area contributed by atoms with Crippen LogP contribution < -0.4 is 0 Å². The van der Waals surface area contributed by atoms with Gasteiger partial charge in [0.2, 0.25) is 5.91 Å². The van der Waals surface area contributed by atoms with Crippen molar-refractivity contribution >= 4 is 16.0 Å². The summed E-state index contributed by atoms with van der Waals surface area (Å²) in [7, 11) is -0.370. The van der Waals surface area contributed by atoms with E-state index in [1.54, 1.807) is 0 Å². The molecule has 4 saturated carbocycles. The normalized spacial score (nSPS) is 42.1. The monoisotopic (exact) mass is 586 g/mol. The number of hydrogen-bond acceptors (Lipinski definition) is 7. The Balaban J connectivity index is 1.44. The van der Waals surface area contributed by atoms with Crippen molar-refractivity contribution in [3.8, 4) is 0 Å². The van der Waals surface area contributed by atoms with Gasteiger partial charge in [0.05, 0.1) is 24.1 Å². The predicted octanol–water partition coefficient (Wildman–Crippen LogP) is 2.64. The number of likely N-dealkylation sites (N-methyl/N-ethyl adjacent to an activating group) is 1. The van der Waals surface area contributed by atoms with Gasteiger partial charge in [0.25, 0.3) is 10.1 Å². The molecular weight excluding hydrogens is 532 g/mol. The quantitative estimate of drug-likeness (QED) is 0.287. The maximum Gasteiger partial charge on any atom is 0.266 e. The SMILES string of the molecule is CC(CCC(=O)N(CCN(C)C)CCS(=O)(=O)O)C1CCC2C3C(O)CC4CC(O)CCC4(C)C3CC(O)C12C. The molecule has 0 aromatic rings. The molecule has 0 radical (unpaired) electrons. The Morgan fingerprint density at radius 3 is 2.33 bits per heavy atom. The van der Waals surface area contributed by atoms with Crippen LogP contribution in [0, 0.1) is 46.3 Å². The minimum absolute atomic E-state index is 0.0282. The third-order valence-corrected chi connectivity index (χ3v) is 12.8. The lowest BCUT2D eigenvalue weighted by molar-refractivity contribution is -0.207. The van der Waals surface area contributed by atoms with Crippen LogP contribution in [0.25, 0.3) is 0 Å². The third kappa shape index (κ3) is 6.27. The van der Waals surface area contributed by atoms with E-state index in [0.717, 1.165) is 38.5 Å². The summed E-state index contributed by atoms with van der Waals surface area (Å²) >= 11 is 0. The van der Waals surface area contributed by atoms with Gasteiger partial charge in [0.1, 0.15) is 0 Å². The van der Waals surface area contributed by atoms with Crippen LogP contribution in [0.5, 0.6) is 0 Å². The molecule has 0 bridgehead atoms. The Hall–Kier alpha value is -0.780. The molecule has 0 aromatic heterocycles. The number of aliphatic hydroxyl groups is 3. The molecule has 0 aliphatic heterocycles. The minimum atomic E-state index is -4.16. The average molecular weight is 587 g/mol. The molecule has 0 saturated heterocycles. The Morgan fingerprint density at radius 1 is 0.975 bits per heavy atom. The molecule has 4 N–H and O–H groups in total. The number of rotatable bonds is 10. The number of nitrogens with zero attached hydrogens (tertiary/aromatic N) is 2. The summed E-state index contributed by atoms with van der Waals surface area (Å²) in [5.74, 6) is 0.785. The molecule has 40 heavy (non-hydrogen) atoms. The zero-order valence-corrected chi connectivity index (χ0v) is 26.0. The van der Waals surface area contributed by atoms with Crippen molar-refractivity contribution in [2.45, 2.75) is 96.9 Å². The molecule has 9 nitrogen and oxygen atoms in total. The molecule has 1 amide bonds. The van der Waals surface area contributed by atoms with Crippen LogP contribution in [0.4, 0.5) is 0 Å². The summed E-state index contributed by atoms with van der Waals surface area (Å²) in [5, 5.41) is 33.6. The molecule has 0 spiro atoms. The van der Waals surface area contributed by atoms with E-state index in [4.69, 9.17) is 0 Å². The first kappa shape index (κ1) is 32.1. The summed E-state index contributed by atoms with van der Waals surface area (Å²) < 4.78 is 31.9. The highest BCUT2D eigenvalue weighted by atomic mass is 32.2. The third-order valence-electron chi connectivity index (χ3n) is 12.1. The van der Waals surface area contributed by atoms with E-state index in [-0.39, 0.29) is 59.0 Å². The van der Waals surface area contributed by atoms with Crippen LogP contribution in [0.15, 0.2) is 0 Å². The molecule has 10 heteroatoms. The molecule has 11 atom stereocenters. The van der Waals surface area contributed by atoms with E-state index < -0.39 is 28.1 Å². The van der Waals surface area contributed by atoms with Crippen LogP contribution >= 0.6 is 0 Å². The Bertz CT molecular complexity index is 1010. The van der Waals surface area contributed by atoms with Gasteiger partial charge >= 0.3 is 0 Å². The lowest BCUT2D eigenvalue weighted by Gasteiger charge is -2.63. The Kier molecular flexibility index (Phi) is 9.70. The molecule has 11 unspecified atom stereocenters. The second-order valence-corrected chi connectivity index (χ2v) is 16.1. The van der Waals surface area contributed by atoms with Crippen LogP contribution in [0.1, 0.15) is 78.6 Å². The maximum absolute atomic E-state index is 13.2. The summed E-state index contributed by atoms with van der Waals surface area (Å²) in [6.07, 6.45) is 5.65. The highest BCUT2D eigenvalue weighted by Gasteiger charge is 2.65. The van der Waals surface area contributed by atoms with E-state index in [0.29, 0.717) is 38.3 Å². The maximum atomic E-state index is 13.2. The zero-order valence-electron chi connectivity index (χ0n) is 25.2. The van der Waals surface area contributed by atoms with Crippen LogP contribution in [0.2, 0.25) is 0 Å². The fraction of sp³-hybridized carbons (Fsp3) is 0.967. The number of amides is 1. The van der Waals surface area contributed by atoms with Gasteiger partial charge in [-0.25, -0.2) is 0 Å². The van der Waals surface area contributed by atoms with E-state index in [1.165, 1.54) is 4.90 Å². The molecule has 4 fully saturated rings. The first-order valence-corrected chi connectivity index (χ1v) is 17.1. The molecule has 232 valence electrons. The first-order chi connectivity index (χ1) is 18.6. The molecule has 4 rings (SSSR count). The van der Waals surface area contributed by atoms with E-state index >= 15 is 0 Å². The van der Waals surface area contributed by atoms with Gasteiger partial charge in [-0.15, -0.1) is 0 Å². The fourth-order valence-electron chi connectivity index (χ4n) is 9.75. The molecular formula is C30H54N2O7S. The lowest BCUT2D eigenvalue weighted by Crippen LogP contribution is -2.62. The summed E-state index contributed by atoms with van der Waals surface area (Å²) in [4.78, 5) is 16.6. The lowest BCUT2D eigenvalue weighted by atomic mass is 9.43. The Labute approximate surface area is 241 Å². The number of carbonyl (C=O) groups is 1. The zero-order chi connectivity index (χ0) is 29.6. The van der Waals surface area contributed by atoms with Gasteiger partial charge in [-0.05, 0) is 112 Å². The first-order valence-electron chi connectivity index (χ1n) is 15.5. The average Bonchev–Trinajstić information content (AvgIpc) is 3.21. The van der Waals surface area contributed by atoms with Gasteiger partial charge in [-0.2, -0.15) is 8.42 Å². The fourth-order valence-corrected chi connectivity index (χ4v) is 10.2. The molecule has 4 aliphatic carbocycles. The number of carbonyl (C=O) groups excluding carboxylic acids is 1. The van der Waals surface area contributed by atoms with Gasteiger partial charge in [0, 0.05) is 26.1 Å². The molecule has 0 heterocycles. The summed E-state index contributed by atoms with van der Waals surface area (Å²) in [5.41, 5.74) is -0.281. The molecule has 4 aliphatic rings.